The Morgan fingerprint density at radius 1 is 1.48 bits per heavy atom. The summed E-state index contributed by atoms with van der Waals surface area (Å²) in [5, 5.41) is 0. The van der Waals surface area contributed by atoms with Crippen molar-refractivity contribution >= 4 is 24.8 Å². The summed E-state index contributed by atoms with van der Waals surface area (Å²) in [6.07, 6.45) is 1.84. The van der Waals surface area contributed by atoms with Gasteiger partial charge >= 0.3 is 7.82 Å². The van der Waals surface area contributed by atoms with Crippen molar-refractivity contribution in [1.29, 1.82) is 0 Å². The fourth-order valence-electron chi connectivity index (χ4n) is 2.30. The summed E-state index contributed by atoms with van der Waals surface area (Å²) in [7, 11) is -4.61. The maximum Gasteiger partial charge on any atom is 0.471 e. The fraction of sp³-hybridized carbons (Fsp3) is 0.500. The van der Waals surface area contributed by atoms with Crippen LogP contribution < -0.4 is 5.73 Å². The molecule has 1 aliphatic rings. The summed E-state index contributed by atoms with van der Waals surface area (Å²) < 4.78 is 22.7. The minimum atomic E-state index is -4.61. The van der Waals surface area contributed by atoms with E-state index in [0.717, 1.165) is 0 Å². The van der Waals surface area contributed by atoms with Crippen molar-refractivity contribution < 1.29 is 23.6 Å². The third-order valence-electron chi connectivity index (χ3n) is 3.27. The van der Waals surface area contributed by atoms with Gasteiger partial charge in [-0.3, -0.25) is 9.09 Å². The molecule has 0 amide bonds. The van der Waals surface area contributed by atoms with Gasteiger partial charge in [-0.2, -0.15) is 0 Å². The Bertz CT molecular complexity index is 715. The zero-order valence-corrected chi connectivity index (χ0v) is 11.9. The first-order valence-electron chi connectivity index (χ1n) is 6.17. The molecule has 0 saturated carbocycles. The zero-order chi connectivity index (χ0) is 15.2. The van der Waals surface area contributed by atoms with Gasteiger partial charge in [0.15, 0.2) is 17.8 Å². The van der Waals surface area contributed by atoms with Gasteiger partial charge in [-0.1, -0.05) is 6.92 Å². The zero-order valence-electron chi connectivity index (χ0n) is 11.0. The van der Waals surface area contributed by atoms with Crippen molar-refractivity contribution in [2.75, 3.05) is 5.73 Å². The van der Waals surface area contributed by atoms with Gasteiger partial charge in [-0.25, -0.2) is 19.5 Å². The number of anilines is 1. The highest BCUT2D eigenvalue weighted by Gasteiger charge is 2.38. The molecule has 1 fully saturated rings. The highest BCUT2D eigenvalue weighted by molar-refractivity contribution is 7.46. The number of nitrogens with two attached hydrogens (primary N) is 1. The highest BCUT2D eigenvalue weighted by atomic mass is 31.2. The first kappa shape index (κ1) is 14.4. The summed E-state index contributed by atoms with van der Waals surface area (Å²) in [4.78, 5) is 29.8. The Hall–Kier alpha value is -1.58. The second-order valence-electron chi connectivity index (χ2n) is 4.85. The molecule has 11 heteroatoms. The fourth-order valence-corrected chi connectivity index (χ4v) is 2.83. The van der Waals surface area contributed by atoms with E-state index < -0.39 is 20.3 Å². The summed E-state index contributed by atoms with van der Waals surface area (Å²) >= 11 is 0. The van der Waals surface area contributed by atoms with E-state index in [1.807, 2.05) is 0 Å². The Morgan fingerprint density at radius 3 is 2.95 bits per heavy atom. The molecule has 2 aromatic heterocycles. The van der Waals surface area contributed by atoms with Crippen LogP contribution in [0.25, 0.3) is 11.2 Å². The second-order valence-corrected chi connectivity index (χ2v) is 6.04. The molecular formula is C10H14N5O5P. The molecule has 0 aromatic carbocycles. The number of phosphoric acid groups is 1. The smallest absolute Gasteiger partial charge is 0.382 e. The standard InChI is InChI=1S/C10H14N5O5P/c1-5-2-6(19-10(5)20-21(16,17)18)15-4-14-7-8(11)12-3-13-9(7)15/h3-6,10H,2H2,1H3,(H2,11,12,13)(H2,16,17,18). The molecule has 0 radical (unpaired) electrons. The average Bonchev–Trinajstić information content (AvgIpc) is 2.93. The summed E-state index contributed by atoms with van der Waals surface area (Å²) in [6.45, 7) is 1.78. The lowest BCUT2D eigenvalue weighted by molar-refractivity contribution is -0.117. The highest BCUT2D eigenvalue weighted by Crippen LogP contribution is 2.45. The molecule has 1 saturated heterocycles. The number of hydrogen-bond donors (Lipinski definition) is 3. The van der Waals surface area contributed by atoms with Gasteiger partial charge < -0.3 is 20.3 Å². The van der Waals surface area contributed by atoms with E-state index >= 15 is 0 Å². The second kappa shape index (κ2) is 5.00. The van der Waals surface area contributed by atoms with E-state index in [9.17, 15) is 4.57 Å². The van der Waals surface area contributed by atoms with Crippen LogP contribution in [-0.2, 0) is 13.8 Å². The number of ether oxygens (including phenoxy) is 1. The summed E-state index contributed by atoms with van der Waals surface area (Å²) in [5.74, 6) is 0.0621. The van der Waals surface area contributed by atoms with Gasteiger partial charge in [-0.15, -0.1) is 0 Å². The van der Waals surface area contributed by atoms with Crippen LogP contribution in [0.1, 0.15) is 19.6 Å². The minimum absolute atomic E-state index is 0.195. The number of nitrogen functional groups attached to an aromatic ring is 1. The lowest BCUT2D eigenvalue weighted by Gasteiger charge is -2.17. The SMILES string of the molecule is CC1CC(n2cnc3c(N)ncnc32)OC1OP(=O)(O)O. The largest absolute Gasteiger partial charge is 0.471 e. The first-order valence-corrected chi connectivity index (χ1v) is 7.70. The van der Waals surface area contributed by atoms with Crippen molar-refractivity contribution in [3.63, 3.8) is 0 Å². The van der Waals surface area contributed by atoms with E-state index in [1.54, 1.807) is 11.5 Å². The maximum atomic E-state index is 10.9. The van der Waals surface area contributed by atoms with Gasteiger partial charge in [0.05, 0.1) is 6.33 Å². The van der Waals surface area contributed by atoms with Crippen LogP contribution in [0.4, 0.5) is 5.82 Å². The Morgan fingerprint density at radius 2 is 2.24 bits per heavy atom. The normalized spacial score (nSPS) is 26.5. The summed E-state index contributed by atoms with van der Waals surface area (Å²) in [5.41, 5.74) is 6.66. The number of imidazole rings is 1. The van der Waals surface area contributed by atoms with Crippen molar-refractivity contribution in [1.82, 2.24) is 19.5 Å². The lowest BCUT2D eigenvalue weighted by atomic mass is 10.1. The van der Waals surface area contributed by atoms with Crippen molar-refractivity contribution in [3.8, 4) is 0 Å². The molecule has 0 aliphatic carbocycles. The van der Waals surface area contributed by atoms with Gasteiger partial charge in [0.25, 0.3) is 0 Å². The predicted octanol–water partition coefficient (Wildman–Crippen LogP) is 0.399. The summed E-state index contributed by atoms with van der Waals surface area (Å²) in [6, 6.07) is 0. The quantitative estimate of drug-likeness (QED) is 0.685. The molecule has 10 nitrogen and oxygen atoms in total. The van der Waals surface area contributed by atoms with Gasteiger partial charge in [-0.05, 0) is 0 Å². The number of fused-ring (bicyclic) bond motifs is 1. The van der Waals surface area contributed by atoms with E-state index in [-0.39, 0.29) is 11.7 Å². The van der Waals surface area contributed by atoms with E-state index in [4.69, 9.17) is 20.3 Å². The Kier molecular flexibility index (Phi) is 3.42. The third kappa shape index (κ3) is 2.76. The number of aromatic nitrogens is 4. The van der Waals surface area contributed by atoms with Crippen LogP contribution >= 0.6 is 7.82 Å². The Labute approximate surface area is 119 Å². The van der Waals surface area contributed by atoms with Crippen LogP contribution in [0.5, 0.6) is 0 Å². The third-order valence-corrected chi connectivity index (χ3v) is 3.75. The minimum Gasteiger partial charge on any atom is -0.382 e. The van der Waals surface area contributed by atoms with Crippen LogP contribution in [0.3, 0.4) is 0 Å². The van der Waals surface area contributed by atoms with Gasteiger partial charge in [0.2, 0.25) is 0 Å². The van der Waals surface area contributed by atoms with Gasteiger partial charge in [0.1, 0.15) is 18.1 Å². The number of phosphoric ester groups is 1. The first-order chi connectivity index (χ1) is 9.85. The van der Waals surface area contributed by atoms with Crippen LogP contribution in [0.2, 0.25) is 0 Å². The molecule has 4 N–H and O–H groups in total. The van der Waals surface area contributed by atoms with Crippen LogP contribution in [0, 0.1) is 5.92 Å². The van der Waals surface area contributed by atoms with Gasteiger partial charge in [0, 0.05) is 12.3 Å². The molecule has 0 spiro atoms. The number of hydrogen-bond acceptors (Lipinski definition) is 7. The molecular weight excluding hydrogens is 301 g/mol. The molecule has 114 valence electrons. The van der Waals surface area contributed by atoms with Crippen LogP contribution in [-0.4, -0.2) is 35.6 Å². The lowest BCUT2D eigenvalue weighted by Crippen LogP contribution is -2.17. The molecule has 3 atom stereocenters. The molecule has 3 heterocycles. The molecule has 21 heavy (non-hydrogen) atoms. The van der Waals surface area contributed by atoms with E-state index in [0.29, 0.717) is 17.6 Å². The van der Waals surface area contributed by atoms with Crippen molar-refractivity contribution in [3.05, 3.63) is 12.7 Å². The molecule has 2 aromatic rings. The Balaban J connectivity index is 1.88. The van der Waals surface area contributed by atoms with Crippen molar-refractivity contribution in [2.45, 2.75) is 25.9 Å². The average molecular weight is 315 g/mol. The monoisotopic (exact) mass is 315 g/mol. The number of nitrogens with zero attached hydrogens (tertiary/aromatic N) is 4. The number of rotatable bonds is 3. The molecule has 1 aliphatic heterocycles. The molecule has 3 unspecified atom stereocenters. The van der Waals surface area contributed by atoms with Crippen LogP contribution in [0.15, 0.2) is 12.7 Å². The van der Waals surface area contributed by atoms with E-state index in [2.05, 4.69) is 19.5 Å². The maximum absolute atomic E-state index is 10.9. The molecule has 3 rings (SSSR count). The van der Waals surface area contributed by atoms with E-state index in [1.165, 1.54) is 12.7 Å². The molecule has 0 bridgehead atoms. The predicted molar refractivity (Wildman–Crippen MR) is 70.6 cm³/mol. The van der Waals surface area contributed by atoms with Crippen molar-refractivity contribution in [2.24, 2.45) is 5.92 Å². The topological polar surface area (TPSA) is 146 Å².